The van der Waals surface area contributed by atoms with Crippen molar-refractivity contribution in [1.29, 1.82) is 0 Å². The van der Waals surface area contributed by atoms with Gasteiger partial charge in [0, 0.05) is 18.3 Å². The van der Waals surface area contributed by atoms with Gasteiger partial charge in [0.25, 0.3) is 0 Å². The number of allylic oxidation sites excluding steroid dienone is 1. The van der Waals surface area contributed by atoms with Crippen LogP contribution in [0.5, 0.6) is 0 Å². The highest BCUT2D eigenvalue weighted by atomic mass is 17.2. The third kappa shape index (κ3) is 10.9. The highest BCUT2D eigenvalue weighted by molar-refractivity contribution is 5.03. The third-order valence-electron chi connectivity index (χ3n) is 7.09. The van der Waals surface area contributed by atoms with Crippen molar-refractivity contribution in [2.45, 2.75) is 109 Å². The third-order valence-corrected chi connectivity index (χ3v) is 7.09. The molecule has 2 saturated heterocycles. The molecule has 0 aromatic carbocycles. The van der Waals surface area contributed by atoms with Crippen molar-refractivity contribution in [3.63, 3.8) is 0 Å². The molecule has 2 fully saturated rings. The van der Waals surface area contributed by atoms with Crippen LogP contribution in [0, 0.1) is 11.8 Å². The van der Waals surface area contributed by atoms with Gasteiger partial charge in [0.15, 0.2) is 0 Å². The molecule has 35 heavy (non-hydrogen) atoms. The Bertz CT molecular complexity index is 638. The molecule has 8 atom stereocenters. The maximum Gasteiger partial charge on any atom is 0.135 e. The highest BCUT2D eigenvalue weighted by Gasteiger charge is 2.48. The molecule has 0 spiro atoms. The summed E-state index contributed by atoms with van der Waals surface area (Å²) in [5.74, 6) is 0.256. The van der Waals surface area contributed by atoms with Gasteiger partial charge in [-0.2, -0.15) is 0 Å². The van der Waals surface area contributed by atoms with E-state index < -0.39 is 24.4 Å². The lowest BCUT2D eigenvalue weighted by Crippen LogP contribution is -2.50. The maximum absolute atomic E-state index is 10.6. The van der Waals surface area contributed by atoms with Gasteiger partial charge in [0.1, 0.15) is 18.5 Å². The van der Waals surface area contributed by atoms with Crippen LogP contribution in [0.1, 0.15) is 72.1 Å². The second kappa shape index (κ2) is 15.9. The highest BCUT2D eigenvalue weighted by Crippen LogP contribution is 2.38. The molecule has 9 heteroatoms. The van der Waals surface area contributed by atoms with E-state index in [1.54, 1.807) is 6.92 Å². The number of ether oxygens (including phenoxy) is 2. The Hall–Kier alpha value is -1.04. The van der Waals surface area contributed by atoms with Crippen LogP contribution in [0.2, 0.25) is 0 Å². The Labute approximate surface area is 209 Å². The lowest BCUT2D eigenvalue weighted by molar-refractivity contribution is -0.286. The maximum atomic E-state index is 10.6. The van der Waals surface area contributed by atoms with Gasteiger partial charge in [-0.15, -0.1) is 0 Å². The smallest absolute Gasteiger partial charge is 0.135 e. The zero-order valence-corrected chi connectivity index (χ0v) is 21.5. The molecule has 2 heterocycles. The second-order valence-electron chi connectivity index (χ2n) is 10.1. The van der Waals surface area contributed by atoms with Crippen LogP contribution < -0.4 is 0 Å². The Morgan fingerprint density at radius 1 is 1.06 bits per heavy atom. The number of aliphatic hydroxyl groups excluding tert-OH is 3. The molecule has 9 nitrogen and oxygen atoms in total. The van der Waals surface area contributed by atoms with Crippen LogP contribution in [-0.4, -0.2) is 77.0 Å². The summed E-state index contributed by atoms with van der Waals surface area (Å²) in [7, 11) is 0. The van der Waals surface area contributed by atoms with Crippen LogP contribution in [0.3, 0.4) is 0 Å². The summed E-state index contributed by atoms with van der Waals surface area (Å²) >= 11 is 0. The zero-order valence-electron chi connectivity index (χ0n) is 21.5. The molecule has 2 rings (SSSR count). The first-order valence-electron chi connectivity index (χ1n) is 12.9. The molecule has 0 saturated carbocycles. The number of hydrogen-bond donors (Lipinski definition) is 4. The predicted molar refractivity (Wildman–Crippen MR) is 130 cm³/mol. The molecule has 0 aliphatic carbocycles. The standard InChI is InChI=1S/C26H46O9/c1-17(11-13-33-32-12-9-7-5-6-8-10-18(2)35-30)14-22-25(29)24(28)21(16-31-22)15-23-26(34-23)19(3)20(4)27/h11,19-30H,2,5-10,12-16H2,1,3-4H3/b17-11-/t19-,20-,21-,22?,23-,24+,25-,26-/m0/s1. The molecule has 2 aliphatic rings. The minimum atomic E-state index is -0.963. The van der Waals surface area contributed by atoms with E-state index in [2.05, 4.69) is 11.5 Å². The van der Waals surface area contributed by atoms with E-state index in [9.17, 15) is 15.3 Å². The Morgan fingerprint density at radius 3 is 2.49 bits per heavy atom. The van der Waals surface area contributed by atoms with E-state index in [1.165, 1.54) is 0 Å². The van der Waals surface area contributed by atoms with Gasteiger partial charge in [-0.05, 0) is 39.5 Å². The molecular weight excluding hydrogens is 456 g/mol. The Kier molecular flexibility index (Phi) is 13.7. The first-order chi connectivity index (χ1) is 16.7. The van der Waals surface area contributed by atoms with Crippen LogP contribution in [-0.2, 0) is 24.1 Å². The number of epoxide rings is 1. The number of aliphatic hydroxyl groups is 3. The molecule has 0 aromatic heterocycles. The molecule has 4 N–H and O–H groups in total. The largest absolute Gasteiger partial charge is 0.393 e. The fourth-order valence-electron chi connectivity index (χ4n) is 4.45. The van der Waals surface area contributed by atoms with Crippen molar-refractivity contribution in [3.05, 3.63) is 24.0 Å². The van der Waals surface area contributed by atoms with Crippen molar-refractivity contribution in [3.8, 4) is 0 Å². The SMILES string of the molecule is C=C(CCCCCCCOOC/C=C(/C)CC1OC[C@H](C[C@@H]2O[C@H]2[C@@H](C)[C@H](C)O)[C@@H](O)[C@H]1O)OO. The molecule has 0 aromatic rings. The van der Waals surface area contributed by atoms with E-state index in [-0.39, 0.29) is 24.0 Å². The monoisotopic (exact) mass is 502 g/mol. The summed E-state index contributed by atoms with van der Waals surface area (Å²) in [6, 6.07) is 0. The van der Waals surface area contributed by atoms with Gasteiger partial charge in [-0.3, -0.25) is 0 Å². The fraction of sp³-hybridized carbons (Fsp3) is 0.846. The number of rotatable bonds is 18. The van der Waals surface area contributed by atoms with E-state index in [0.717, 1.165) is 37.7 Å². The van der Waals surface area contributed by atoms with Crippen molar-refractivity contribution < 1.29 is 44.7 Å². The van der Waals surface area contributed by atoms with Gasteiger partial charge in [0.2, 0.25) is 0 Å². The second-order valence-corrected chi connectivity index (χ2v) is 10.1. The van der Waals surface area contributed by atoms with Gasteiger partial charge in [-0.1, -0.05) is 44.4 Å². The summed E-state index contributed by atoms with van der Waals surface area (Å²) in [6.45, 7) is 10.4. The molecular formula is C26H46O9. The van der Waals surface area contributed by atoms with Gasteiger partial charge >= 0.3 is 0 Å². The molecule has 0 amide bonds. The van der Waals surface area contributed by atoms with E-state index >= 15 is 0 Å². The van der Waals surface area contributed by atoms with Crippen molar-refractivity contribution >= 4 is 0 Å². The summed E-state index contributed by atoms with van der Waals surface area (Å²) in [5.41, 5.74) is 0.994. The van der Waals surface area contributed by atoms with Crippen LogP contribution in [0.25, 0.3) is 0 Å². The average molecular weight is 503 g/mol. The quantitative estimate of drug-likeness (QED) is 0.0555. The molecule has 0 radical (unpaired) electrons. The zero-order chi connectivity index (χ0) is 25.8. The van der Waals surface area contributed by atoms with Crippen molar-refractivity contribution in [2.24, 2.45) is 11.8 Å². The lowest BCUT2D eigenvalue weighted by Gasteiger charge is -2.38. The van der Waals surface area contributed by atoms with Gasteiger partial charge in [-0.25, -0.2) is 15.0 Å². The number of unbranched alkanes of at least 4 members (excludes halogenated alkanes) is 4. The molecule has 2 aliphatic heterocycles. The number of hydrogen-bond acceptors (Lipinski definition) is 9. The first kappa shape index (κ1) is 30.2. The summed E-state index contributed by atoms with van der Waals surface area (Å²) in [5, 5.41) is 39.3. The Balaban J connectivity index is 1.54. The normalized spacial score (nSPS) is 30.7. The summed E-state index contributed by atoms with van der Waals surface area (Å²) < 4.78 is 11.6. The van der Waals surface area contributed by atoms with Gasteiger partial charge < -0.3 is 29.7 Å². The predicted octanol–water partition coefficient (Wildman–Crippen LogP) is 3.53. The average Bonchev–Trinajstić information content (AvgIpc) is 3.60. The molecule has 1 unspecified atom stereocenters. The summed E-state index contributed by atoms with van der Waals surface area (Å²) in [4.78, 5) is 14.5. The minimum absolute atomic E-state index is 0.00202. The fourth-order valence-corrected chi connectivity index (χ4v) is 4.45. The van der Waals surface area contributed by atoms with Crippen molar-refractivity contribution in [2.75, 3.05) is 19.8 Å². The summed E-state index contributed by atoms with van der Waals surface area (Å²) in [6.07, 6.45) is 5.96. The molecule has 204 valence electrons. The van der Waals surface area contributed by atoms with Crippen LogP contribution in [0.15, 0.2) is 24.0 Å². The van der Waals surface area contributed by atoms with Gasteiger partial charge in [0.05, 0.1) is 43.7 Å². The van der Waals surface area contributed by atoms with Crippen molar-refractivity contribution in [1.82, 2.24) is 0 Å². The van der Waals surface area contributed by atoms with E-state index in [0.29, 0.717) is 44.8 Å². The lowest BCUT2D eigenvalue weighted by atomic mass is 9.85. The molecule has 0 bridgehead atoms. The van der Waals surface area contributed by atoms with Crippen LogP contribution in [0.4, 0.5) is 0 Å². The minimum Gasteiger partial charge on any atom is -0.393 e. The van der Waals surface area contributed by atoms with E-state index in [4.69, 9.17) is 24.5 Å². The van der Waals surface area contributed by atoms with E-state index in [1.807, 2.05) is 19.9 Å². The first-order valence-corrected chi connectivity index (χ1v) is 12.9. The Morgan fingerprint density at radius 2 is 1.77 bits per heavy atom. The topological polar surface area (TPSA) is 130 Å². The van der Waals surface area contributed by atoms with Crippen LogP contribution >= 0.6 is 0 Å².